The molecule has 1 fully saturated rings. The molecule has 4 heteroatoms. The molecule has 1 nitrogen and oxygen atoms in total. The number of nitrogens with zero attached hydrogens (tertiary/aromatic N) is 1. The number of rotatable bonds is 2. The molecule has 0 aliphatic heterocycles. The third-order valence-electron chi connectivity index (χ3n) is 2.78. The van der Waals surface area contributed by atoms with Crippen molar-refractivity contribution in [3.63, 3.8) is 0 Å². The molecule has 1 aromatic rings. The van der Waals surface area contributed by atoms with Gasteiger partial charge in [-0.25, -0.2) is 0 Å². The Bertz CT molecular complexity index is 487. The van der Waals surface area contributed by atoms with Crippen LogP contribution in [0.1, 0.15) is 24.0 Å². The van der Waals surface area contributed by atoms with Gasteiger partial charge in [-0.1, -0.05) is 23.2 Å². The topological polar surface area (TPSA) is 23.8 Å². The fraction of sp³-hybridized carbons (Fsp3) is 0.417. The molecule has 0 amide bonds. The molecule has 0 N–H and O–H groups in total. The highest BCUT2D eigenvalue weighted by Gasteiger charge is 2.44. The van der Waals surface area contributed by atoms with Crippen LogP contribution in [0.3, 0.4) is 0 Å². The lowest BCUT2D eigenvalue weighted by atomic mass is 10.1. The number of thioether (sulfide) groups is 1. The van der Waals surface area contributed by atoms with E-state index in [4.69, 9.17) is 28.5 Å². The first kappa shape index (κ1) is 12.1. The fourth-order valence-corrected chi connectivity index (χ4v) is 3.25. The van der Waals surface area contributed by atoms with Gasteiger partial charge in [-0.05, 0) is 43.9 Å². The largest absolute Gasteiger partial charge is 0.197 e. The summed E-state index contributed by atoms with van der Waals surface area (Å²) >= 11 is 13.9. The Kier molecular flexibility index (Phi) is 3.13. The second-order valence-electron chi connectivity index (χ2n) is 4.15. The van der Waals surface area contributed by atoms with Gasteiger partial charge in [0.2, 0.25) is 0 Å². The normalized spacial score (nSPS) is 16.9. The van der Waals surface area contributed by atoms with E-state index in [0.717, 1.165) is 33.9 Å². The summed E-state index contributed by atoms with van der Waals surface area (Å²) in [5.41, 5.74) is 1.92. The van der Waals surface area contributed by atoms with Gasteiger partial charge in [0.15, 0.2) is 0 Å². The van der Waals surface area contributed by atoms with Crippen molar-refractivity contribution in [3.8, 4) is 6.07 Å². The smallest absolute Gasteiger partial charge is 0.107 e. The fourth-order valence-electron chi connectivity index (χ4n) is 1.54. The van der Waals surface area contributed by atoms with Crippen LogP contribution in [0, 0.1) is 25.2 Å². The minimum atomic E-state index is -0.240. The van der Waals surface area contributed by atoms with Crippen LogP contribution in [-0.2, 0) is 0 Å². The summed E-state index contributed by atoms with van der Waals surface area (Å²) in [4.78, 5) is 0.972. The number of aryl methyl sites for hydroxylation is 1. The molecule has 84 valence electrons. The first-order chi connectivity index (χ1) is 7.49. The minimum Gasteiger partial charge on any atom is -0.197 e. The van der Waals surface area contributed by atoms with E-state index >= 15 is 0 Å². The van der Waals surface area contributed by atoms with Crippen LogP contribution < -0.4 is 0 Å². The molecule has 0 bridgehead atoms. The zero-order valence-electron chi connectivity index (χ0n) is 9.10. The number of benzene rings is 1. The summed E-state index contributed by atoms with van der Waals surface area (Å²) in [6, 6.07) is 4.32. The van der Waals surface area contributed by atoms with Crippen molar-refractivity contribution in [2.45, 2.75) is 36.3 Å². The predicted octanol–water partition coefficient (Wildman–Crippen LogP) is 4.76. The molecule has 0 atom stereocenters. The summed E-state index contributed by atoms with van der Waals surface area (Å²) in [6.45, 7) is 3.87. The SMILES string of the molecule is Cc1cc(SC2(C#N)CC2)c(Cl)c(C)c1Cl. The van der Waals surface area contributed by atoms with Gasteiger partial charge < -0.3 is 0 Å². The van der Waals surface area contributed by atoms with Crippen LogP contribution >= 0.6 is 35.0 Å². The summed E-state index contributed by atoms with van der Waals surface area (Å²) in [5, 5.41) is 10.5. The molecular weight excluding hydrogens is 261 g/mol. The Morgan fingerprint density at radius 2 is 1.94 bits per heavy atom. The van der Waals surface area contributed by atoms with E-state index < -0.39 is 0 Å². The second kappa shape index (κ2) is 4.14. The van der Waals surface area contributed by atoms with Gasteiger partial charge in [0.1, 0.15) is 4.75 Å². The highest BCUT2D eigenvalue weighted by Crippen LogP contribution is 2.53. The van der Waals surface area contributed by atoms with Crippen molar-refractivity contribution in [1.82, 2.24) is 0 Å². The Balaban J connectivity index is 2.39. The Labute approximate surface area is 110 Å². The molecule has 2 rings (SSSR count). The number of halogens is 2. The van der Waals surface area contributed by atoms with Crippen LogP contribution in [0.5, 0.6) is 0 Å². The quantitative estimate of drug-likeness (QED) is 0.775. The van der Waals surface area contributed by atoms with E-state index in [1.54, 1.807) is 11.8 Å². The molecule has 16 heavy (non-hydrogen) atoms. The molecule has 1 saturated carbocycles. The van der Waals surface area contributed by atoms with E-state index in [-0.39, 0.29) is 4.75 Å². The summed E-state index contributed by atoms with van der Waals surface area (Å²) in [5.74, 6) is 0. The molecule has 0 unspecified atom stereocenters. The zero-order valence-corrected chi connectivity index (χ0v) is 11.4. The van der Waals surface area contributed by atoms with Crippen LogP contribution in [0.25, 0.3) is 0 Å². The Hall–Kier alpha value is -0.360. The Morgan fingerprint density at radius 3 is 2.44 bits per heavy atom. The van der Waals surface area contributed by atoms with Gasteiger partial charge in [-0.15, -0.1) is 11.8 Å². The van der Waals surface area contributed by atoms with Crippen molar-refractivity contribution in [2.75, 3.05) is 0 Å². The van der Waals surface area contributed by atoms with Crippen LogP contribution in [0.2, 0.25) is 10.0 Å². The Morgan fingerprint density at radius 1 is 1.31 bits per heavy atom. The predicted molar refractivity (Wildman–Crippen MR) is 69.4 cm³/mol. The standard InChI is InChI=1S/C12H11Cl2NS/c1-7-5-9(11(14)8(2)10(7)13)16-12(6-15)3-4-12/h5H,3-4H2,1-2H3. The maximum atomic E-state index is 9.06. The van der Waals surface area contributed by atoms with E-state index in [0.29, 0.717) is 5.02 Å². The van der Waals surface area contributed by atoms with Crippen molar-refractivity contribution in [3.05, 3.63) is 27.2 Å². The lowest BCUT2D eigenvalue weighted by molar-refractivity contribution is 1.18. The third-order valence-corrected chi connectivity index (χ3v) is 5.39. The maximum absolute atomic E-state index is 9.06. The zero-order chi connectivity index (χ0) is 11.9. The van der Waals surface area contributed by atoms with Crippen LogP contribution in [0.15, 0.2) is 11.0 Å². The highest BCUT2D eigenvalue weighted by atomic mass is 35.5. The van der Waals surface area contributed by atoms with E-state index in [1.807, 2.05) is 19.9 Å². The minimum absolute atomic E-state index is 0.240. The molecule has 0 radical (unpaired) electrons. The van der Waals surface area contributed by atoms with Crippen molar-refractivity contribution < 1.29 is 0 Å². The molecule has 0 saturated heterocycles. The summed E-state index contributed by atoms with van der Waals surface area (Å²) in [6.07, 6.45) is 1.90. The average molecular weight is 272 g/mol. The molecule has 1 aromatic carbocycles. The lowest BCUT2D eigenvalue weighted by Gasteiger charge is -2.12. The number of hydrogen-bond donors (Lipinski definition) is 0. The lowest BCUT2D eigenvalue weighted by Crippen LogP contribution is -1.98. The molecule has 0 aromatic heterocycles. The van der Waals surface area contributed by atoms with E-state index in [2.05, 4.69) is 6.07 Å². The second-order valence-corrected chi connectivity index (χ2v) is 6.33. The van der Waals surface area contributed by atoms with Gasteiger partial charge in [-0.3, -0.25) is 0 Å². The van der Waals surface area contributed by atoms with Gasteiger partial charge >= 0.3 is 0 Å². The first-order valence-electron chi connectivity index (χ1n) is 5.04. The molecule has 1 aliphatic carbocycles. The van der Waals surface area contributed by atoms with Crippen molar-refractivity contribution in [2.24, 2.45) is 0 Å². The third kappa shape index (κ3) is 2.05. The van der Waals surface area contributed by atoms with Crippen molar-refractivity contribution in [1.29, 1.82) is 5.26 Å². The summed E-state index contributed by atoms with van der Waals surface area (Å²) < 4.78 is -0.240. The van der Waals surface area contributed by atoms with Crippen LogP contribution in [-0.4, -0.2) is 4.75 Å². The number of hydrogen-bond acceptors (Lipinski definition) is 2. The monoisotopic (exact) mass is 271 g/mol. The summed E-state index contributed by atoms with van der Waals surface area (Å²) in [7, 11) is 0. The van der Waals surface area contributed by atoms with Crippen molar-refractivity contribution >= 4 is 35.0 Å². The molecular formula is C12H11Cl2NS. The average Bonchev–Trinajstić information content (AvgIpc) is 3.04. The van der Waals surface area contributed by atoms with Gasteiger partial charge in [0.05, 0.1) is 11.1 Å². The van der Waals surface area contributed by atoms with E-state index in [9.17, 15) is 0 Å². The van der Waals surface area contributed by atoms with Crippen LogP contribution in [0.4, 0.5) is 0 Å². The maximum Gasteiger partial charge on any atom is 0.107 e. The van der Waals surface area contributed by atoms with E-state index in [1.165, 1.54) is 0 Å². The van der Waals surface area contributed by atoms with Gasteiger partial charge in [-0.2, -0.15) is 5.26 Å². The molecule has 1 aliphatic rings. The first-order valence-corrected chi connectivity index (χ1v) is 6.62. The molecule has 0 spiro atoms. The molecule has 0 heterocycles. The van der Waals surface area contributed by atoms with Gasteiger partial charge in [0, 0.05) is 9.92 Å². The number of nitriles is 1. The highest BCUT2D eigenvalue weighted by molar-refractivity contribution is 8.01. The van der Waals surface area contributed by atoms with Gasteiger partial charge in [0.25, 0.3) is 0 Å².